The van der Waals surface area contributed by atoms with Gasteiger partial charge in [-0.3, -0.25) is 14.4 Å². The van der Waals surface area contributed by atoms with Gasteiger partial charge in [-0.1, -0.05) is 0 Å². The standard InChI is InChI=1S/C15H14N2O4S/c1-8(18)13-11(5-6-22-13)17-15(20)9-3-4-12(21-2)10(7-9)14(16)19/h3-7H,1-2H3,(H2,16,19)(H,17,20). The Labute approximate surface area is 130 Å². The van der Waals surface area contributed by atoms with Crippen molar-refractivity contribution in [2.75, 3.05) is 12.4 Å². The zero-order chi connectivity index (χ0) is 16.3. The van der Waals surface area contributed by atoms with Crippen LogP contribution in [0.1, 0.15) is 37.3 Å². The molecule has 0 radical (unpaired) electrons. The van der Waals surface area contributed by atoms with Crippen molar-refractivity contribution in [3.63, 3.8) is 0 Å². The summed E-state index contributed by atoms with van der Waals surface area (Å²) in [5.41, 5.74) is 6.07. The molecule has 7 heteroatoms. The number of benzene rings is 1. The van der Waals surface area contributed by atoms with Gasteiger partial charge in [0, 0.05) is 12.5 Å². The number of rotatable bonds is 5. The van der Waals surface area contributed by atoms with Crippen molar-refractivity contribution >= 4 is 34.6 Å². The number of anilines is 1. The van der Waals surface area contributed by atoms with E-state index in [-0.39, 0.29) is 16.9 Å². The van der Waals surface area contributed by atoms with Crippen LogP contribution in [0, 0.1) is 0 Å². The molecule has 0 aliphatic carbocycles. The predicted molar refractivity (Wildman–Crippen MR) is 83.8 cm³/mol. The van der Waals surface area contributed by atoms with E-state index in [2.05, 4.69) is 5.32 Å². The van der Waals surface area contributed by atoms with Gasteiger partial charge in [0.1, 0.15) is 5.75 Å². The van der Waals surface area contributed by atoms with E-state index in [4.69, 9.17) is 10.5 Å². The van der Waals surface area contributed by atoms with Gasteiger partial charge in [0.15, 0.2) is 5.78 Å². The molecule has 2 amide bonds. The van der Waals surface area contributed by atoms with Gasteiger partial charge >= 0.3 is 0 Å². The van der Waals surface area contributed by atoms with Gasteiger partial charge in [-0.15, -0.1) is 11.3 Å². The molecule has 2 rings (SSSR count). The number of hydrogen-bond acceptors (Lipinski definition) is 5. The number of Topliss-reactive ketones (excluding diaryl/α,β-unsaturated/α-hetero) is 1. The monoisotopic (exact) mass is 318 g/mol. The number of ether oxygens (including phenoxy) is 1. The molecule has 2 aromatic rings. The van der Waals surface area contributed by atoms with Crippen molar-refractivity contribution in [3.05, 3.63) is 45.6 Å². The van der Waals surface area contributed by atoms with Gasteiger partial charge in [-0.25, -0.2) is 0 Å². The number of carbonyl (C=O) groups excluding carboxylic acids is 3. The fourth-order valence-corrected chi connectivity index (χ4v) is 2.67. The van der Waals surface area contributed by atoms with E-state index in [1.54, 1.807) is 11.4 Å². The third-order valence-electron chi connectivity index (χ3n) is 2.96. The molecule has 0 aliphatic heterocycles. The summed E-state index contributed by atoms with van der Waals surface area (Å²) in [6.07, 6.45) is 0. The molecule has 0 spiro atoms. The molecule has 0 fully saturated rings. The summed E-state index contributed by atoms with van der Waals surface area (Å²) in [5.74, 6) is -0.959. The summed E-state index contributed by atoms with van der Waals surface area (Å²) in [5, 5.41) is 4.37. The molecule has 1 aromatic heterocycles. The van der Waals surface area contributed by atoms with Gasteiger partial charge in [0.05, 0.1) is 23.2 Å². The summed E-state index contributed by atoms with van der Waals surface area (Å²) in [6.45, 7) is 1.43. The van der Waals surface area contributed by atoms with E-state index in [1.807, 2.05) is 0 Å². The Kier molecular flexibility index (Phi) is 4.57. The van der Waals surface area contributed by atoms with Crippen molar-refractivity contribution in [2.24, 2.45) is 5.73 Å². The molecule has 0 bridgehead atoms. The van der Waals surface area contributed by atoms with Crippen molar-refractivity contribution in [1.29, 1.82) is 0 Å². The van der Waals surface area contributed by atoms with Crippen LogP contribution in [0.15, 0.2) is 29.6 Å². The molecule has 1 aromatic carbocycles. The first-order valence-corrected chi connectivity index (χ1v) is 7.19. The second kappa shape index (κ2) is 6.40. The number of thiophene rings is 1. The van der Waals surface area contributed by atoms with Crippen molar-refractivity contribution < 1.29 is 19.1 Å². The van der Waals surface area contributed by atoms with Crippen LogP contribution in [0.25, 0.3) is 0 Å². The second-order valence-electron chi connectivity index (χ2n) is 4.45. The van der Waals surface area contributed by atoms with E-state index in [1.165, 1.54) is 43.6 Å². The van der Waals surface area contributed by atoms with E-state index >= 15 is 0 Å². The molecule has 22 heavy (non-hydrogen) atoms. The van der Waals surface area contributed by atoms with Crippen LogP contribution < -0.4 is 15.8 Å². The van der Waals surface area contributed by atoms with Gasteiger partial charge in [-0.2, -0.15) is 0 Å². The molecule has 0 saturated heterocycles. The Morgan fingerprint density at radius 1 is 1.23 bits per heavy atom. The Bertz CT molecular complexity index is 752. The number of primary amides is 1. The molecule has 6 nitrogen and oxygen atoms in total. The lowest BCUT2D eigenvalue weighted by Gasteiger charge is -2.09. The number of methoxy groups -OCH3 is 1. The topological polar surface area (TPSA) is 98.5 Å². The predicted octanol–water partition coefficient (Wildman–Crippen LogP) is 2.31. The number of hydrogen-bond donors (Lipinski definition) is 2. The maximum atomic E-state index is 12.3. The van der Waals surface area contributed by atoms with Crippen molar-refractivity contribution in [2.45, 2.75) is 6.92 Å². The molecule has 0 unspecified atom stereocenters. The molecule has 1 heterocycles. The number of ketones is 1. The van der Waals surface area contributed by atoms with Gasteiger partial charge in [0.25, 0.3) is 11.8 Å². The fourth-order valence-electron chi connectivity index (χ4n) is 1.92. The average Bonchev–Trinajstić information content (AvgIpc) is 2.94. The van der Waals surface area contributed by atoms with Crippen LogP contribution in [-0.4, -0.2) is 24.7 Å². The number of carbonyl (C=O) groups is 3. The fraction of sp³-hybridized carbons (Fsp3) is 0.133. The number of nitrogens with two attached hydrogens (primary N) is 1. The minimum atomic E-state index is -0.688. The molecular formula is C15H14N2O4S. The normalized spacial score (nSPS) is 10.1. The maximum absolute atomic E-state index is 12.3. The molecular weight excluding hydrogens is 304 g/mol. The first-order chi connectivity index (χ1) is 10.4. The lowest BCUT2D eigenvalue weighted by atomic mass is 10.1. The maximum Gasteiger partial charge on any atom is 0.255 e. The summed E-state index contributed by atoms with van der Waals surface area (Å²) >= 11 is 1.25. The molecule has 3 N–H and O–H groups in total. The van der Waals surface area contributed by atoms with Crippen LogP contribution in [0.4, 0.5) is 5.69 Å². The third-order valence-corrected chi connectivity index (χ3v) is 3.98. The Balaban J connectivity index is 2.30. The van der Waals surface area contributed by atoms with Crippen LogP contribution in [0.2, 0.25) is 0 Å². The van der Waals surface area contributed by atoms with E-state index in [9.17, 15) is 14.4 Å². The number of amides is 2. The highest BCUT2D eigenvalue weighted by molar-refractivity contribution is 7.12. The highest BCUT2D eigenvalue weighted by Crippen LogP contribution is 2.24. The highest BCUT2D eigenvalue weighted by Gasteiger charge is 2.16. The second-order valence-corrected chi connectivity index (χ2v) is 5.37. The Hall–Kier alpha value is -2.67. The largest absolute Gasteiger partial charge is 0.496 e. The number of nitrogens with one attached hydrogen (secondary N) is 1. The third kappa shape index (κ3) is 3.15. The quantitative estimate of drug-likeness (QED) is 0.826. The summed E-state index contributed by atoms with van der Waals surface area (Å²) in [4.78, 5) is 35.6. The highest BCUT2D eigenvalue weighted by atomic mass is 32.1. The minimum absolute atomic E-state index is 0.118. The summed E-state index contributed by atoms with van der Waals surface area (Å²) in [6, 6.07) is 6.02. The van der Waals surface area contributed by atoms with Crippen molar-refractivity contribution in [1.82, 2.24) is 0 Å². The lowest BCUT2D eigenvalue weighted by Crippen LogP contribution is -2.17. The van der Waals surface area contributed by atoms with Gasteiger partial charge in [-0.05, 0) is 29.6 Å². The lowest BCUT2D eigenvalue weighted by molar-refractivity contribution is 0.0994. The Morgan fingerprint density at radius 2 is 1.95 bits per heavy atom. The SMILES string of the molecule is COc1ccc(C(=O)Nc2ccsc2C(C)=O)cc1C(N)=O. The Morgan fingerprint density at radius 3 is 2.55 bits per heavy atom. The van der Waals surface area contributed by atoms with Gasteiger partial charge in [0.2, 0.25) is 0 Å². The first kappa shape index (κ1) is 15.7. The zero-order valence-corrected chi connectivity index (χ0v) is 12.8. The molecule has 0 aliphatic rings. The van der Waals surface area contributed by atoms with E-state index < -0.39 is 11.8 Å². The van der Waals surface area contributed by atoms with Gasteiger partial charge < -0.3 is 15.8 Å². The van der Waals surface area contributed by atoms with E-state index in [0.29, 0.717) is 16.3 Å². The van der Waals surface area contributed by atoms with E-state index in [0.717, 1.165) is 0 Å². The smallest absolute Gasteiger partial charge is 0.255 e. The van der Waals surface area contributed by atoms with Crippen LogP contribution in [0.3, 0.4) is 0 Å². The summed E-state index contributed by atoms with van der Waals surface area (Å²) in [7, 11) is 1.41. The minimum Gasteiger partial charge on any atom is -0.496 e. The molecule has 114 valence electrons. The first-order valence-electron chi connectivity index (χ1n) is 6.31. The van der Waals surface area contributed by atoms with Crippen LogP contribution in [0.5, 0.6) is 5.75 Å². The summed E-state index contributed by atoms with van der Waals surface area (Å²) < 4.78 is 5.02. The average molecular weight is 318 g/mol. The zero-order valence-electron chi connectivity index (χ0n) is 12.0. The van der Waals surface area contributed by atoms with Crippen molar-refractivity contribution in [3.8, 4) is 5.75 Å². The molecule has 0 saturated carbocycles. The van der Waals surface area contributed by atoms with Crippen LogP contribution in [-0.2, 0) is 0 Å². The molecule has 0 atom stereocenters. The van der Waals surface area contributed by atoms with Crippen LogP contribution >= 0.6 is 11.3 Å².